The summed E-state index contributed by atoms with van der Waals surface area (Å²) in [5.74, 6) is -0.955. The lowest BCUT2D eigenvalue weighted by atomic mass is 9.97. The number of nitrogens with zero attached hydrogens (tertiary/aromatic N) is 4. The van der Waals surface area contributed by atoms with Gasteiger partial charge in [-0.15, -0.1) is 0 Å². The Labute approximate surface area is 179 Å². The summed E-state index contributed by atoms with van der Waals surface area (Å²) in [5.41, 5.74) is -2.45. The molecule has 0 aliphatic heterocycles. The fourth-order valence-electron chi connectivity index (χ4n) is 2.65. The zero-order valence-corrected chi connectivity index (χ0v) is 17.6. The number of hydrogen-bond donors (Lipinski definition) is 0. The van der Waals surface area contributed by atoms with Gasteiger partial charge in [-0.25, -0.2) is 23.7 Å². The van der Waals surface area contributed by atoms with E-state index in [1.807, 2.05) is 0 Å². The number of ether oxygens (including phenoxy) is 1. The Morgan fingerprint density at radius 3 is 2.40 bits per heavy atom. The van der Waals surface area contributed by atoms with Gasteiger partial charge in [-0.1, -0.05) is 23.2 Å². The first kappa shape index (κ1) is 22.0. The first-order valence-corrected chi connectivity index (χ1v) is 9.46. The molecule has 0 fully saturated rings. The second-order valence-corrected chi connectivity index (χ2v) is 8.10. The summed E-state index contributed by atoms with van der Waals surface area (Å²) >= 11 is 12.4. The number of esters is 1. The molecule has 3 heterocycles. The summed E-state index contributed by atoms with van der Waals surface area (Å²) < 4.78 is 32.7. The Balaban J connectivity index is 2.48. The van der Waals surface area contributed by atoms with Crippen molar-refractivity contribution >= 4 is 40.3 Å². The minimum Gasteiger partial charge on any atom is -0.423 e. The molecule has 0 unspecified atom stereocenters. The van der Waals surface area contributed by atoms with Crippen LogP contribution in [0, 0.1) is 5.41 Å². The summed E-state index contributed by atoms with van der Waals surface area (Å²) in [6.45, 7) is 3.89. The topological polar surface area (TPSA) is 87.0 Å². The van der Waals surface area contributed by atoms with Crippen molar-refractivity contribution in [3.8, 4) is 16.9 Å². The highest BCUT2D eigenvalue weighted by atomic mass is 35.5. The third kappa shape index (κ3) is 4.13. The molecule has 0 aliphatic rings. The van der Waals surface area contributed by atoms with Crippen LogP contribution in [0.5, 0.6) is 5.75 Å². The van der Waals surface area contributed by atoms with Crippen LogP contribution in [0.15, 0.2) is 29.5 Å². The molecule has 7 nitrogen and oxygen atoms in total. The van der Waals surface area contributed by atoms with Crippen LogP contribution >= 0.6 is 23.2 Å². The summed E-state index contributed by atoms with van der Waals surface area (Å²) in [6.07, 6.45) is 0.976. The van der Waals surface area contributed by atoms with E-state index in [4.69, 9.17) is 27.9 Å². The fourth-order valence-corrected chi connectivity index (χ4v) is 3.19. The highest BCUT2D eigenvalue weighted by Gasteiger charge is 2.31. The Hall–Kier alpha value is -2.65. The number of hydrogen-bond acceptors (Lipinski definition) is 6. The average molecular weight is 457 g/mol. The SMILES string of the molecule is CC(C)(C)C(=O)Oc1c(-c2c(Cl)ccnc2Cl)c(=O)n(CC(F)F)c2nccnc12. The van der Waals surface area contributed by atoms with E-state index in [2.05, 4.69) is 15.0 Å². The van der Waals surface area contributed by atoms with Gasteiger partial charge in [0, 0.05) is 24.2 Å². The maximum atomic E-state index is 13.3. The van der Waals surface area contributed by atoms with E-state index in [0.717, 1.165) is 4.57 Å². The van der Waals surface area contributed by atoms with Crippen molar-refractivity contribution in [2.75, 3.05) is 0 Å². The smallest absolute Gasteiger partial charge is 0.316 e. The van der Waals surface area contributed by atoms with Gasteiger partial charge in [0.2, 0.25) is 0 Å². The molecule has 0 radical (unpaired) electrons. The normalized spacial score (nSPS) is 11.9. The van der Waals surface area contributed by atoms with E-state index in [1.54, 1.807) is 20.8 Å². The number of pyridine rings is 2. The molecule has 0 atom stereocenters. The number of carbonyl (C=O) groups excluding carboxylic acids is 1. The van der Waals surface area contributed by atoms with E-state index in [1.165, 1.54) is 24.7 Å². The zero-order valence-electron chi connectivity index (χ0n) is 16.1. The van der Waals surface area contributed by atoms with Crippen LogP contribution in [0.3, 0.4) is 0 Å². The van der Waals surface area contributed by atoms with Crippen molar-refractivity contribution < 1.29 is 18.3 Å². The Morgan fingerprint density at radius 1 is 1.13 bits per heavy atom. The number of alkyl halides is 2. The van der Waals surface area contributed by atoms with Crippen LogP contribution in [0.1, 0.15) is 20.8 Å². The van der Waals surface area contributed by atoms with E-state index < -0.39 is 29.9 Å². The molecule has 3 aromatic rings. The van der Waals surface area contributed by atoms with Gasteiger partial charge in [-0.05, 0) is 26.8 Å². The van der Waals surface area contributed by atoms with E-state index in [0.29, 0.717) is 0 Å². The highest BCUT2D eigenvalue weighted by Crippen LogP contribution is 2.40. The third-order valence-electron chi connectivity index (χ3n) is 4.07. The van der Waals surface area contributed by atoms with E-state index in [9.17, 15) is 18.4 Å². The minimum atomic E-state index is -2.86. The predicted octanol–water partition coefficient (Wildman–Crippen LogP) is 4.38. The molecule has 0 aromatic carbocycles. The molecule has 11 heteroatoms. The number of carbonyl (C=O) groups is 1. The van der Waals surface area contributed by atoms with Crippen molar-refractivity contribution in [2.45, 2.75) is 33.7 Å². The standard InChI is InChI=1S/C19H16Cl2F2N4O3/c1-19(2,3)18(29)30-14-12(11-9(20)4-5-25-15(11)21)17(28)27(8-10(22)23)16-13(14)24-6-7-26-16/h4-7,10H,8H2,1-3H3. The maximum absolute atomic E-state index is 13.3. The van der Waals surface area contributed by atoms with Crippen LogP contribution in [-0.2, 0) is 11.3 Å². The molecule has 0 saturated heterocycles. The molecule has 0 aliphatic carbocycles. The molecule has 0 saturated carbocycles. The molecule has 0 N–H and O–H groups in total. The number of rotatable bonds is 4. The Morgan fingerprint density at radius 2 is 1.80 bits per heavy atom. The van der Waals surface area contributed by atoms with Crippen molar-refractivity contribution in [1.29, 1.82) is 0 Å². The fraction of sp³-hybridized carbons (Fsp3) is 0.316. The van der Waals surface area contributed by atoms with Gasteiger partial charge in [-0.3, -0.25) is 14.2 Å². The van der Waals surface area contributed by atoms with Crippen molar-refractivity contribution in [1.82, 2.24) is 19.5 Å². The minimum absolute atomic E-state index is 0.0204. The van der Waals surface area contributed by atoms with E-state index >= 15 is 0 Å². The summed E-state index contributed by atoms with van der Waals surface area (Å²) in [7, 11) is 0. The highest BCUT2D eigenvalue weighted by molar-refractivity contribution is 6.38. The van der Waals surface area contributed by atoms with Gasteiger partial charge in [-0.2, -0.15) is 0 Å². The Kier molecular flexibility index (Phi) is 6.05. The van der Waals surface area contributed by atoms with Gasteiger partial charge < -0.3 is 4.74 Å². The van der Waals surface area contributed by atoms with Gasteiger partial charge in [0.15, 0.2) is 11.4 Å². The lowest BCUT2D eigenvalue weighted by molar-refractivity contribution is -0.142. The molecule has 158 valence electrons. The van der Waals surface area contributed by atoms with Crippen LogP contribution < -0.4 is 10.3 Å². The van der Waals surface area contributed by atoms with E-state index in [-0.39, 0.29) is 38.2 Å². The molecule has 0 spiro atoms. The van der Waals surface area contributed by atoms with Gasteiger partial charge in [0.25, 0.3) is 12.0 Å². The first-order valence-electron chi connectivity index (χ1n) is 8.70. The first-order chi connectivity index (χ1) is 14.0. The molecule has 3 aromatic heterocycles. The molecular weight excluding hydrogens is 441 g/mol. The van der Waals surface area contributed by atoms with Crippen molar-refractivity contribution in [2.24, 2.45) is 5.41 Å². The second-order valence-electron chi connectivity index (χ2n) is 7.34. The van der Waals surface area contributed by atoms with Crippen LogP contribution in [0.25, 0.3) is 22.3 Å². The summed E-state index contributed by atoms with van der Waals surface area (Å²) in [5, 5.41) is -0.147. The van der Waals surface area contributed by atoms with Gasteiger partial charge in [0.1, 0.15) is 10.7 Å². The summed E-state index contributed by atoms with van der Waals surface area (Å²) in [4.78, 5) is 37.9. The monoisotopic (exact) mass is 456 g/mol. The van der Waals surface area contributed by atoms with Gasteiger partial charge >= 0.3 is 5.97 Å². The lowest BCUT2D eigenvalue weighted by Crippen LogP contribution is -2.30. The largest absolute Gasteiger partial charge is 0.423 e. The lowest BCUT2D eigenvalue weighted by Gasteiger charge is -2.20. The van der Waals surface area contributed by atoms with Crippen molar-refractivity contribution in [3.63, 3.8) is 0 Å². The van der Waals surface area contributed by atoms with Crippen LogP contribution in [0.4, 0.5) is 8.78 Å². The number of aromatic nitrogens is 4. The molecule has 0 amide bonds. The Bertz CT molecular complexity index is 1170. The van der Waals surface area contributed by atoms with Crippen LogP contribution in [-0.4, -0.2) is 31.9 Å². The second kappa shape index (κ2) is 8.23. The zero-order chi connectivity index (χ0) is 22.2. The maximum Gasteiger partial charge on any atom is 0.316 e. The third-order valence-corrected chi connectivity index (χ3v) is 4.67. The van der Waals surface area contributed by atoms with Gasteiger partial charge in [0.05, 0.1) is 22.5 Å². The molecular formula is C19H16Cl2F2N4O3. The molecule has 0 bridgehead atoms. The van der Waals surface area contributed by atoms with Crippen molar-refractivity contribution in [3.05, 3.63) is 45.2 Å². The molecule has 3 rings (SSSR count). The molecule has 30 heavy (non-hydrogen) atoms. The summed E-state index contributed by atoms with van der Waals surface area (Å²) in [6, 6.07) is 1.37. The number of fused-ring (bicyclic) bond motifs is 1. The number of halogens is 4. The predicted molar refractivity (Wildman–Crippen MR) is 108 cm³/mol. The average Bonchev–Trinajstić information content (AvgIpc) is 2.65. The van der Waals surface area contributed by atoms with Crippen LogP contribution in [0.2, 0.25) is 10.2 Å². The quantitative estimate of drug-likeness (QED) is 0.427.